The molecule has 0 aliphatic carbocycles. The van der Waals surface area contributed by atoms with E-state index in [1.165, 1.54) is 11.8 Å². The van der Waals surface area contributed by atoms with Crippen molar-refractivity contribution in [1.29, 1.82) is 0 Å². The highest BCUT2D eigenvalue weighted by Gasteiger charge is 2.19. The second kappa shape index (κ2) is 7.65. The molecule has 1 aromatic heterocycles. The molecule has 0 bridgehead atoms. The van der Waals surface area contributed by atoms with Gasteiger partial charge in [-0.25, -0.2) is 0 Å². The first-order valence-electron chi connectivity index (χ1n) is 6.68. The summed E-state index contributed by atoms with van der Waals surface area (Å²) in [5.74, 6) is 0.903. The van der Waals surface area contributed by atoms with Crippen molar-refractivity contribution in [2.24, 2.45) is 0 Å². The molecule has 22 heavy (non-hydrogen) atoms. The number of aromatic nitrogens is 2. The zero-order chi connectivity index (χ0) is 15.9. The molecule has 0 fully saturated rings. The van der Waals surface area contributed by atoms with Crippen LogP contribution in [0.15, 0.2) is 46.6 Å². The lowest BCUT2D eigenvalue weighted by Gasteiger charge is -2.07. The fourth-order valence-electron chi connectivity index (χ4n) is 1.71. The SMILES string of the molecule is C=CCNC(=O)C(C)Sc1nnc(-c2ccccc2OC)o1. The Morgan fingerprint density at radius 2 is 2.27 bits per heavy atom. The van der Waals surface area contributed by atoms with Crippen LogP contribution >= 0.6 is 11.8 Å². The maximum atomic E-state index is 11.8. The molecule has 0 saturated heterocycles. The van der Waals surface area contributed by atoms with Crippen molar-refractivity contribution >= 4 is 17.7 Å². The Morgan fingerprint density at radius 1 is 1.50 bits per heavy atom. The number of hydrogen-bond donors (Lipinski definition) is 1. The standard InChI is InChI=1S/C15H17N3O3S/c1-4-9-16-13(19)10(2)22-15-18-17-14(21-15)11-7-5-6-8-12(11)20-3/h4-8,10H,1,9H2,2-3H3,(H,16,19). The van der Waals surface area contributed by atoms with Gasteiger partial charge in [0.15, 0.2) is 0 Å². The summed E-state index contributed by atoms with van der Waals surface area (Å²) in [6.45, 7) is 5.76. The van der Waals surface area contributed by atoms with E-state index in [1.807, 2.05) is 24.3 Å². The molecule has 0 aliphatic heterocycles. The number of carbonyl (C=O) groups excluding carboxylic acids is 1. The van der Waals surface area contributed by atoms with E-state index in [-0.39, 0.29) is 11.2 Å². The second-order valence-corrected chi connectivity index (χ2v) is 5.66. The fraction of sp³-hybridized carbons (Fsp3) is 0.267. The fourth-order valence-corrected chi connectivity index (χ4v) is 2.42. The van der Waals surface area contributed by atoms with E-state index in [0.717, 1.165) is 0 Å². The van der Waals surface area contributed by atoms with Crippen LogP contribution in [0.25, 0.3) is 11.5 Å². The van der Waals surface area contributed by atoms with Crippen LogP contribution < -0.4 is 10.1 Å². The largest absolute Gasteiger partial charge is 0.496 e. The van der Waals surface area contributed by atoms with Crippen LogP contribution in [0.3, 0.4) is 0 Å². The highest BCUT2D eigenvalue weighted by Crippen LogP contribution is 2.31. The predicted octanol–water partition coefficient (Wildman–Crippen LogP) is 2.53. The van der Waals surface area contributed by atoms with Gasteiger partial charge in [0.2, 0.25) is 5.91 Å². The summed E-state index contributed by atoms with van der Waals surface area (Å²) < 4.78 is 10.9. The van der Waals surface area contributed by atoms with Crippen molar-refractivity contribution in [3.8, 4) is 17.2 Å². The van der Waals surface area contributed by atoms with Crippen LogP contribution in [0.2, 0.25) is 0 Å². The Hall–Kier alpha value is -2.28. The van der Waals surface area contributed by atoms with Gasteiger partial charge in [-0.3, -0.25) is 4.79 Å². The summed E-state index contributed by atoms with van der Waals surface area (Å²) in [6, 6.07) is 7.37. The number of rotatable bonds is 7. The lowest BCUT2D eigenvalue weighted by atomic mass is 10.2. The third kappa shape index (κ3) is 3.88. The van der Waals surface area contributed by atoms with E-state index in [9.17, 15) is 4.79 Å². The molecule has 0 saturated carbocycles. The van der Waals surface area contributed by atoms with Crippen molar-refractivity contribution in [2.75, 3.05) is 13.7 Å². The maximum Gasteiger partial charge on any atom is 0.277 e. The van der Waals surface area contributed by atoms with Gasteiger partial charge in [-0.2, -0.15) is 0 Å². The third-order valence-corrected chi connectivity index (χ3v) is 3.75. The molecule has 0 spiro atoms. The number of ether oxygens (including phenoxy) is 1. The number of methoxy groups -OCH3 is 1. The summed E-state index contributed by atoms with van der Waals surface area (Å²) in [4.78, 5) is 11.8. The highest BCUT2D eigenvalue weighted by molar-refractivity contribution is 8.00. The van der Waals surface area contributed by atoms with Crippen LogP contribution in [0.1, 0.15) is 6.92 Å². The number of benzene rings is 1. The smallest absolute Gasteiger partial charge is 0.277 e. The Morgan fingerprint density at radius 3 is 3.00 bits per heavy atom. The van der Waals surface area contributed by atoms with E-state index in [4.69, 9.17) is 9.15 Å². The number of carbonyl (C=O) groups is 1. The molecule has 1 aromatic carbocycles. The Labute approximate surface area is 133 Å². The predicted molar refractivity (Wildman–Crippen MR) is 84.8 cm³/mol. The Balaban J connectivity index is 2.08. The zero-order valence-corrected chi connectivity index (χ0v) is 13.2. The summed E-state index contributed by atoms with van der Waals surface area (Å²) in [5.41, 5.74) is 0.716. The quantitative estimate of drug-likeness (QED) is 0.624. The molecule has 6 nitrogen and oxygen atoms in total. The van der Waals surface area contributed by atoms with Gasteiger partial charge in [-0.1, -0.05) is 30.0 Å². The number of nitrogens with zero attached hydrogens (tertiary/aromatic N) is 2. The Kier molecular flexibility index (Phi) is 5.60. The monoisotopic (exact) mass is 319 g/mol. The zero-order valence-electron chi connectivity index (χ0n) is 12.4. The van der Waals surface area contributed by atoms with Crippen LogP contribution in [-0.2, 0) is 4.79 Å². The first-order chi connectivity index (χ1) is 10.7. The number of nitrogens with one attached hydrogen (secondary N) is 1. The van der Waals surface area contributed by atoms with Gasteiger partial charge in [-0.15, -0.1) is 16.8 Å². The summed E-state index contributed by atoms with van der Waals surface area (Å²) in [7, 11) is 1.58. The van der Waals surface area contributed by atoms with Crippen LogP contribution in [-0.4, -0.2) is 35.0 Å². The van der Waals surface area contributed by atoms with Crippen molar-refractivity contribution in [3.63, 3.8) is 0 Å². The molecule has 1 unspecified atom stereocenters. The normalized spacial score (nSPS) is 11.7. The molecule has 2 rings (SSSR count). The lowest BCUT2D eigenvalue weighted by Crippen LogP contribution is -2.30. The van der Waals surface area contributed by atoms with Crippen LogP contribution in [0.4, 0.5) is 0 Å². The maximum absolute atomic E-state index is 11.8. The molecule has 2 aromatic rings. The van der Waals surface area contributed by atoms with Crippen molar-refractivity contribution < 1.29 is 13.9 Å². The van der Waals surface area contributed by atoms with Crippen molar-refractivity contribution in [3.05, 3.63) is 36.9 Å². The lowest BCUT2D eigenvalue weighted by molar-refractivity contribution is -0.120. The average Bonchev–Trinajstić information content (AvgIpc) is 3.00. The van der Waals surface area contributed by atoms with Gasteiger partial charge in [0.25, 0.3) is 11.1 Å². The third-order valence-electron chi connectivity index (χ3n) is 2.81. The number of hydrogen-bond acceptors (Lipinski definition) is 6. The molecule has 1 heterocycles. The number of para-hydroxylation sites is 1. The second-order valence-electron chi connectivity index (χ2n) is 4.37. The van der Waals surface area contributed by atoms with Gasteiger partial charge in [0, 0.05) is 6.54 Å². The molecular formula is C15H17N3O3S. The Bertz CT molecular complexity index is 657. The van der Waals surface area contributed by atoms with E-state index in [2.05, 4.69) is 22.1 Å². The minimum absolute atomic E-state index is 0.109. The minimum atomic E-state index is -0.342. The van der Waals surface area contributed by atoms with Gasteiger partial charge >= 0.3 is 0 Å². The van der Waals surface area contributed by atoms with E-state index in [0.29, 0.717) is 29.0 Å². The molecule has 116 valence electrons. The van der Waals surface area contributed by atoms with E-state index >= 15 is 0 Å². The topological polar surface area (TPSA) is 77.2 Å². The molecule has 1 N–H and O–H groups in total. The molecule has 7 heteroatoms. The van der Waals surface area contributed by atoms with Crippen LogP contribution in [0, 0.1) is 0 Å². The first kappa shape index (κ1) is 16.1. The molecule has 0 radical (unpaired) electrons. The van der Waals surface area contributed by atoms with Crippen molar-refractivity contribution in [2.45, 2.75) is 17.4 Å². The number of thioether (sulfide) groups is 1. The van der Waals surface area contributed by atoms with Crippen molar-refractivity contribution in [1.82, 2.24) is 15.5 Å². The number of amides is 1. The van der Waals surface area contributed by atoms with Gasteiger partial charge in [0.1, 0.15) is 5.75 Å². The van der Waals surface area contributed by atoms with Gasteiger partial charge in [0.05, 0.1) is 17.9 Å². The van der Waals surface area contributed by atoms with Gasteiger partial charge < -0.3 is 14.5 Å². The van der Waals surface area contributed by atoms with E-state index < -0.39 is 0 Å². The summed E-state index contributed by atoms with van der Waals surface area (Å²) in [5, 5.41) is 10.7. The minimum Gasteiger partial charge on any atom is -0.496 e. The summed E-state index contributed by atoms with van der Waals surface area (Å²) >= 11 is 1.20. The molecule has 1 atom stereocenters. The van der Waals surface area contributed by atoms with Crippen LogP contribution in [0.5, 0.6) is 5.75 Å². The molecule has 1 amide bonds. The van der Waals surface area contributed by atoms with E-state index in [1.54, 1.807) is 20.1 Å². The van der Waals surface area contributed by atoms with Gasteiger partial charge in [-0.05, 0) is 19.1 Å². The average molecular weight is 319 g/mol. The summed E-state index contributed by atoms with van der Waals surface area (Å²) in [6.07, 6.45) is 1.63. The molecular weight excluding hydrogens is 302 g/mol. The highest BCUT2D eigenvalue weighted by atomic mass is 32.2. The first-order valence-corrected chi connectivity index (χ1v) is 7.55. The molecule has 0 aliphatic rings.